The van der Waals surface area contributed by atoms with E-state index < -0.39 is 0 Å². The first kappa shape index (κ1) is 14.3. The van der Waals surface area contributed by atoms with E-state index in [1.807, 2.05) is 35.7 Å². The van der Waals surface area contributed by atoms with Crippen molar-refractivity contribution in [2.24, 2.45) is 0 Å². The number of likely N-dealkylation sites (N-methyl/N-ethyl adjacent to an activating group) is 1. The van der Waals surface area contributed by atoms with Gasteiger partial charge in [0, 0.05) is 19.8 Å². The maximum Gasteiger partial charge on any atom is 0.239 e. The third-order valence-electron chi connectivity index (χ3n) is 3.07. The number of carbonyl (C=O) groups is 1. The highest BCUT2D eigenvalue weighted by molar-refractivity contribution is 5.81. The van der Waals surface area contributed by atoms with Gasteiger partial charge < -0.3 is 15.3 Å². The summed E-state index contributed by atoms with van der Waals surface area (Å²) in [4.78, 5) is 18.0. The minimum atomic E-state index is -0.124. The van der Waals surface area contributed by atoms with Crippen molar-refractivity contribution >= 4 is 17.4 Å². The fourth-order valence-electron chi connectivity index (χ4n) is 2.10. The fourth-order valence-corrected chi connectivity index (χ4v) is 2.10. The number of imidazole rings is 1. The van der Waals surface area contributed by atoms with Crippen molar-refractivity contribution in [2.75, 3.05) is 25.0 Å². The molecule has 0 aliphatic heterocycles. The second-order valence-electron chi connectivity index (χ2n) is 4.68. The average molecular weight is 276 g/mol. The van der Waals surface area contributed by atoms with E-state index in [-0.39, 0.29) is 19.1 Å². The predicted molar refractivity (Wildman–Crippen MR) is 77.7 cm³/mol. The highest BCUT2D eigenvalue weighted by Gasteiger charge is 2.16. The molecule has 0 spiro atoms. The summed E-state index contributed by atoms with van der Waals surface area (Å²) < 4.78 is 1.83. The van der Waals surface area contributed by atoms with Gasteiger partial charge in [-0.2, -0.15) is 0 Å². The van der Waals surface area contributed by atoms with Crippen LogP contribution in [-0.2, 0) is 11.4 Å². The second kappa shape index (κ2) is 6.38. The van der Waals surface area contributed by atoms with Gasteiger partial charge in [-0.05, 0) is 18.6 Å². The molecule has 0 saturated heterocycles. The Balaban J connectivity index is 2.21. The number of hydrogen-bond acceptors (Lipinski definition) is 4. The summed E-state index contributed by atoms with van der Waals surface area (Å²) in [7, 11) is 1.80. The highest BCUT2D eigenvalue weighted by Crippen LogP contribution is 2.20. The van der Waals surface area contributed by atoms with Gasteiger partial charge in [0.15, 0.2) is 5.82 Å². The van der Waals surface area contributed by atoms with Crippen LogP contribution in [0.15, 0.2) is 24.4 Å². The van der Waals surface area contributed by atoms with Crippen LogP contribution in [0.5, 0.6) is 0 Å². The Morgan fingerprint density at radius 2 is 2.30 bits per heavy atom. The molecule has 108 valence electrons. The fraction of sp³-hybridized carbons (Fsp3) is 0.429. The lowest BCUT2D eigenvalue weighted by Crippen LogP contribution is -2.36. The van der Waals surface area contributed by atoms with Crippen LogP contribution in [0.4, 0.5) is 5.82 Å². The molecule has 0 aliphatic carbocycles. The molecule has 2 N–H and O–H groups in total. The van der Waals surface area contributed by atoms with Crippen molar-refractivity contribution in [2.45, 2.75) is 20.0 Å². The number of hydrogen-bond donors (Lipinski definition) is 2. The number of fused-ring (bicyclic) bond motifs is 1. The van der Waals surface area contributed by atoms with E-state index in [1.54, 1.807) is 11.9 Å². The molecule has 0 radical (unpaired) electrons. The zero-order valence-electron chi connectivity index (χ0n) is 11.8. The number of nitrogens with one attached hydrogen (secondary N) is 1. The molecule has 2 rings (SSSR count). The Labute approximate surface area is 118 Å². The molecule has 0 fully saturated rings. The second-order valence-corrected chi connectivity index (χ2v) is 4.68. The van der Waals surface area contributed by atoms with Crippen molar-refractivity contribution in [3.8, 4) is 0 Å². The Bertz CT molecular complexity index is 594. The Kier molecular flexibility index (Phi) is 4.57. The summed E-state index contributed by atoms with van der Waals surface area (Å²) in [6.45, 7) is 2.78. The number of rotatable bonds is 6. The highest BCUT2D eigenvalue weighted by atomic mass is 16.3. The molecule has 20 heavy (non-hydrogen) atoms. The maximum absolute atomic E-state index is 11.8. The largest absolute Gasteiger partial charge is 0.390 e. The summed E-state index contributed by atoms with van der Waals surface area (Å²) in [5, 5.41) is 12.4. The minimum absolute atomic E-state index is 0.0460. The number of aliphatic hydroxyl groups excluding tert-OH is 1. The van der Waals surface area contributed by atoms with Gasteiger partial charge in [-0.1, -0.05) is 13.0 Å². The zero-order valence-corrected chi connectivity index (χ0v) is 11.8. The topological polar surface area (TPSA) is 69.9 Å². The number of nitrogens with zero attached hydrogens (tertiary/aromatic N) is 3. The Morgan fingerprint density at radius 3 is 3.00 bits per heavy atom. The summed E-state index contributed by atoms with van der Waals surface area (Å²) in [5.41, 5.74) is 1.44. The van der Waals surface area contributed by atoms with E-state index in [9.17, 15) is 9.90 Å². The van der Waals surface area contributed by atoms with Gasteiger partial charge in [-0.3, -0.25) is 9.20 Å². The molecule has 2 aromatic heterocycles. The molecule has 1 amide bonds. The number of aromatic nitrogens is 2. The molecule has 0 unspecified atom stereocenters. The molecular weight excluding hydrogens is 256 g/mol. The molecule has 0 bridgehead atoms. The number of amides is 1. The lowest BCUT2D eigenvalue weighted by Gasteiger charge is -2.17. The number of anilines is 1. The van der Waals surface area contributed by atoms with Crippen LogP contribution in [-0.4, -0.2) is 40.5 Å². The van der Waals surface area contributed by atoms with Gasteiger partial charge in [0.2, 0.25) is 5.91 Å². The lowest BCUT2D eigenvalue weighted by molar-refractivity contribution is -0.119. The summed E-state index contributed by atoms with van der Waals surface area (Å²) in [6, 6.07) is 5.64. The summed E-state index contributed by atoms with van der Waals surface area (Å²) in [6.07, 6.45) is 2.76. The molecule has 6 heteroatoms. The van der Waals surface area contributed by atoms with E-state index in [4.69, 9.17) is 0 Å². The summed E-state index contributed by atoms with van der Waals surface area (Å²) >= 11 is 0. The van der Waals surface area contributed by atoms with Crippen LogP contribution >= 0.6 is 0 Å². The molecule has 2 aromatic rings. The Hall–Kier alpha value is -2.08. The molecule has 0 aromatic carbocycles. The van der Waals surface area contributed by atoms with E-state index in [0.29, 0.717) is 18.1 Å². The van der Waals surface area contributed by atoms with Crippen LogP contribution in [0.2, 0.25) is 0 Å². The normalized spacial score (nSPS) is 10.8. The van der Waals surface area contributed by atoms with Gasteiger partial charge in [0.05, 0.1) is 18.8 Å². The minimum Gasteiger partial charge on any atom is -0.390 e. The van der Waals surface area contributed by atoms with E-state index in [0.717, 1.165) is 12.1 Å². The van der Waals surface area contributed by atoms with Crippen molar-refractivity contribution in [1.82, 2.24) is 14.7 Å². The molecule has 0 aliphatic rings. The zero-order chi connectivity index (χ0) is 14.5. The van der Waals surface area contributed by atoms with Crippen LogP contribution in [0, 0.1) is 0 Å². The average Bonchev–Trinajstić information content (AvgIpc) is 2.83. The predicted octanol–water partition coefficient (Wildman–Crippen LogP) is 0.789. The molecule has 0 atom stereocenters. The van der Waals surface area contributed by atoms with Crippen LogP contribution in [0.3, 0.4) is 0 Å². The summed E-state index contributed by atoms with van der Waals surface area (Å²) in [5.74, 6) is 0.584. The monoisotopic (exact) mass is 276 g/mol. The quantitative estimate of drug-likeness (QED) is 0.818. The number of aliphatic hydroxyl groups is 1. The van der Waals surface area contributed by atoms with E-state index >= 15 is 0 Å². The molecular formula is C14H20N4O2. The smallest absolute Gasteiger partial charge is 0.239 e. The van der Waals surface area contributed by atoms with Gasteiger partial charge in [0.1, 0.15) is 5.65 Å². The third kappa shape index (κ3) is 2.91. The lowest BCUT2D eigenvalue weighted by atomic mass is 10.4. The first-order valence-corrected chi connectivity index (χ1v) is 6.72. The van der Waals surface area contributed by atoms with Gasteiger partial charge in [-0.15, -0.1) is 0 Å². The standard InChI is InChI=1S/C14H20N4O2/c1-3-7-15-13(20)9-17(2)14-11(10-19)18-8-5-4-6-12(18)16-14/h4-6,8,19H,3,7,9-10H2,1-2H3,(H,15,20). The van der Waals surface area contributed by atoms with Crippen LogP contribution in [0.25, 0.3) is 5.65 Å². The van der Waals surface area contributed by atoms with Gasteiger partial charge in [0.25, 0.3) is 0 Å². The first-order chi connectivity index (χ1) is 9.67. The van der Waals surface area contributed by atoms with Gasteiger partial charge >= 0.3 is 0 Å². The maximum atomic E-state index is 11.8. The number of pyridine rings is 1. The van der Waals surface area contributed by atoms with Gasteiger partial charge in [-0.25, -0.2) is 4.98 Å². The van der Waals surface area contributed by atoms with E-state index in [1.165, 1.54) is 0 Å². The first-order valence-electron chi connectivity index (χ1n) is 6.72. The van der Waals surface area contributed by atoms with E-state index in [2.05, 4.69) is 10.3 Å². The van der Waals surface area contributed by atoms with Crippen LogP contribution in [0.1, 0.15) is 19.0 Å². The van der Waals surface area contributed by atoms with Crippen molar-refractivity contribution in [3.63, 3.8) is 0 Å². The van der Waals surface area contributed by atoms with Crippen molar-refractivity contribution < 1.29 is 9.90 Å². The molecule has 0 saturated carbocycles. The molecule has 6 nitrogen and oxygen atoms in total. The van der Waals surface area contributed by atoms with Crippen LogP contribution < -0.4 is 10.2 Å². The molecule has 2 heterocycles. The number of carbonyl (C=O) groups excluding carboxylic acids is 1. The SMILES string of the molecule is CCCNC(=O)CN(C)c1nc2ccccn2c1CO. The third-order valence-corrected chi connectivity index (χ3v) is 3.07. The van der Waals surface area contributed by atoms with Crippen molar-refractivity contribution in [3.05, 3.63) is 30.1 Å². The Morgan fingerprint density at radius 1 is 1.50 bits per heavy atom. The van der Waals surface area contributed by atoms with Crippen molar-refractivity contribution in [1.29, 1.82) is 0 Å².